The minimum Gasteiger partial charge on any atom is -0.489 e. The molecule has 2 aromatic rings. The van der Waals surface area contributed by atoms with Gasteiger partial charge in [0.15, 0.2) is 0 Å². The van der Waals surface area contributed by atoms with E-state index in [1.807, 2.05) is 18.2 Å². The van der Waals surface area contributed by atoms with E-state index in [2.05, 4.69) is 52.3 Å². The molecule has 0 saturated carbocycles. The van der Waals surface area contributed by atoms with Crippen LogP contribution in [0.2, 0.25) is 0 Å². The van der Waals surface area contributed by atoms with Crippen LogP contribution in [0, 0.1) is 0 Å². The molecular formula is C17H15BrO. The van der Waals surface area contributed by atoms with Crippen molar-refractivity contribution in [3.63, 3.8) is 0 Å². The van der Waals surface area contributed by atoms with Gasteiger partial charge in [-0.15, -0.1) is 0 Å². The first kappa shape index (κ1) is 12.5. The molecule has 0 N–H and O–H groups in total. The third-order valence-corrected chi connectivity index (χ3v) is 3.92. The van der Waals surface area contributed by atoms with Gasteiger partial charge in [0.1, 0.15) is 12.4 Å². The summed E-state index contributed by atoms with van der Waals surface area (Å²) in [5.74, 6) is 0.918. The number of benzene rings is 2. The third kappa shape index (κ3) is 2.90. The van der Waals surface area contributed by atoms with Crippen LogP contribution < -0.4 is 15.2 Å². The fraction of sp³-hybridized carbons (Fsp3) is 0.176. The van der Waals surface area contributed by atoms with Crippen LogP contribution in [0.15, 0.2) is 46.9 Å². The molecule has 0 fully saturated rings. The smallest absolute Gasteiger partial charge is 0.121 e. The lowest BCUT2D eigenvalue weighted by molar-refractivity contribution is 0.305. The maximum atomic E-state index is 5.88. The summed E-state index contributed by atoms with van der Waals surface area (Å²) in [5.41, 5.74) is 1.19. The third-order valence-electron chi connectivity index (χ3n) is 3.26. The SMILES string of the molecule is Brc1cc(OCc2ccccc2)cc2c1=CCCC=2. The van der Waals surface area contributed by atoms with Crippen molar-refractivity contribution in [3.8, 4) is 5.75 Å². The van der Waals surface area contributed by atoms with Gasteiger partial charge in [-0.05, 0) is 41.0 Å². The fourth-order valence-electron chi connectivity index (χ4n) is 2.29. The molecule has 0 aromatic heterocycles. The summed E-state index contributed by atoms with van der Waals surface area (Å²) < 4.78 is 6.99. The van der Waals surface area contributed by atoms with Crippen molar-refractivity contribution < 1.29 is 4.74 Å². The second-order valence-electron chi connectivity index (χ2n) is 4.67. The molecule has 1 nitrogen and oxygen atoms in total. The number of hydrogen-bond donors (Lipinski definition) is 0. The van der Waals surface area contributed by atoms with Crippen molar-refractivity contribution in [3.05, 3.63) is 62.9 Å². The predicted molar refractivity (Wildman–Crippen MR) is 82.3 cm³/mol. The van der Waals surface area contributed by atoms with Crippen LogP contribution in [0.1, 0.15) is 18.4 Å². The molecular weight excluding hydrogens is 300 g/mol. The largest absolute Gasteiger partial charge is 0.489 e. The van der Waals surface area contributed by atoms with Gasteiger partial charge in [0.25, 0.3) is 0 Å². The second kappa shape index (κ2) is 5.62. The van der Waals surface area contributed by atoms with Crippen LogP contribution in [0.3, 0.4) is 0 Å². The Bertz CT molecular complexity index is 689. The maximum absolute atomic E-state index is 5.88. The second-order valence-corrected chi connectivity index (χ2v) is 5.52. The van der Waals surface area contributed by atoms with Gasteiger partial charge < -0.3 is 4.74 Å². The molecule has 0 atom stereocenters. The summed E-state index contributed by atoms with van der Waals surface area (Å²) in [6.45, 7) is 0.607. The number of rotatable bonds is 3. The van der Waals surface area contributed by atoms with Crippen molar-refractivity contribution in [2.75, 3.05) is 0 Å². The highest BCUT2D eigenvalue weighted by Gasteiger charge is 2.03. The Balaban J connectivity index is 1.85. The summed E-state index contributed by atoms with van der Waals surface area (Å²) in [6.07, 6.45) is 6.78. The van der Waals surface area contributed by atoms with Gasteiger partial charge in [-0.25, -0.2) is 0 Å². The number of ether oxygens (including phenoxy) is 1. The first-order valence-corrected chi connectivity index (χ1v) is 7.29. The van der Waals surface area contributed by atoms with Crippen LogP contribution in [0.4, 0.5) is 0 Å². The van der Waals surface area contributed by atoms with E-state index in [-0.39, 0.29) is 0 Å². The molecule has 0 amide bonds. The lowest BCUT2D eigenvalue weighted by Gasteiger charge is -2.09. The molecule has 2 aromatic carbocycles. The highest BCUT2D eigenvalue weighted by Crippen LogP contribution is 2.15. The average Bonchev–Trinajstić information content (AvgIpc) is 2.46. The van der Waals surface area contributed by atoms with Crippen molar-refractivity contribution in [1.29, 1.82) is 0 Å². The molecule has 0 spiro atoms. The summed E-state index contributed by atoms with van der Waals surface area (Å²) in [7, 11) is 0. The monoisotopic (exact) mass is 314 g/mol. The first-order chi connectivity index (χ1) is 9.33. The van der Waals surface area contributed by atoms with Gasteiger partial charge in [0, 0.05) is 4.47 Å². The zero-order chi connectivity index (χ0) is 13.1. The number of halogens is 1. The van der Waals surface area contributed by atoms with E-state index in [0.29, 0.717) is 6.61 Å². The van der Waals surface area contributed by atoms with E-state index >= 15 is 0 Å². The maximum Gasteiger partial charge on any atom is 0.121 e. The van der Waals surface area contributed by atoms with Gasteiger partial charge in [0.2, 0.25) is 0 Å². The quantitative estimate of drug-likeness (QED) is 0.844. The molecule has 1 aliphatic carbocycles. The lowest BCUT2D eigenvalue weighted by Crippen LogP contribution is -2.27. The molecule has 96 valence electrons. The molecule has 3 rings (SSSR count). The zero-order valence-electron chi connectivity index (χ0n) is 10.6. The fourth-order valence-corrected chi connectivity index (χ4v) is 2.90. The van der Waals surface area contributed by atoms with E-state index in [4.69, 9.17) is 4.74 Å². The van der Waals surface area contributed by atoms with E-state index in [0.717, 1.165) is 23.1 Å². The lowest BCUT2D eigenvalue weighted by atomic mass is 10.1. The predicted octanol–water partition coefficient (Wildman–Crippen LogP) is 3.38. The van der Waals surface area contributed by atoms with Crippen LogP contribution in [-0.2, 0) is 6.61 Å². The van der Waals surface area contributed by atoms with Crippen LogP contribution in [0.25, 0.3) is 12.2 Å². The van der Waals surface area contributed by atoms with Crippen molar-refractivity contribution in [2.24, 2.45) is 0 Å². The van der Waals surface area contributed by atoms with Gasteiger partial charge in [-0.3, -0.25) is 0 Å². The van der Waals surface area contributed by atoms with Crippen molar-refractivity contribution in [1.82, 2.24) is 0 Å². The van der Waals surface area contributed by atoms with E-state index in [1.54, 1.807) is 0 Å². The molecule has 2 heteroatoms. The first-order valence-electron chi connectivity index (χ1n) is 6.49. The Morgan fingerprint density at radius 3 is 2.63 bits per heavy atom. The topological polar surface area (TPSA) is 9.23 Å². The average molecular weight is 315 g/mol. The molecule has 0 unspecified atom stereocenters. The summed E-state index contributed by atoms with van der Waals surface area (Å²) in [6, 6.07) is 14.4. The molecule has 19 heavy (non-hydrogen) atoms. The number of fused-ring (bicyclic) bond motifs is 1. The molecule has 0 bridgehead atoms. The van der Waals surface area contributed by atoms with Gasteiger partial charge in [0.05, 0.1) is 0 Å². The Hall–Kier alpha value is -1.54. The van der Waals surface area contributed by atoms with E-state index < -0.39 is 0 Å². The molecule has 0 heterocycles. The molecule has 0 aliphatic heterocycles. The van der Waals surface area contributed by atoms with E-state index in [1.165, 1.54) is 16.0 Å². The zero-order valence-corrected chi connectivity index (χ0v) is 12.2. The minimum atomic E-state index is 0.607. The summed E-state index contributed by atoms with van der Waals surface area (Å²) in [4.78, 5) is 0. The molecule has 0 saturated heterocycles. The van der Waals surface area contributed by atoms with Gasteiger partial charge in [-0.2, -0.15) is 0 Å². The van der Waals surface area contributed by atoms with Gasteiger partial charge in [-0.1, -0.05) is 58.4 Å². The summed E-state index contributed by atoms with van der Waals surface area (Å²) >= 11 is 3.63. The Kier molecular flexibility index (Phi) is 3.69. The Labute approximate surface area is 121 Å². The normalized spacial score (nSPS) is 13.1. The van der Waals surface area contributed by atoms with E-state index in [9.17, 15) is 0 Å². The van der Waals surface area contributed by atoms with Crippen molar-refractivity contribution >= 4 is 28.1 Å². The Morgan fingerprint density at radius 2 is 1.79 bits per heavy atom. The minimum absolute atomic E-state index is 0.607. The van der Waals surface area contributed by atoms with Crippen LogP contribution >= 0.6 is 15.9 Å². The van der Waals surface area contributed by atoms with Crippen LogP contribution in [-0.4, -0.2) is 0 Å². The Morgan fingerprint density at radius 1 is 1.00 bits per heavy atom. The standard InChI is InChI=1S/C17H15BrO/c18-17-11-15(10-14-8-4-5-9-16(14)17)19-12-13-6-2-1-3-7-13/h1-3,6-11H,4-5,12H2. The highest BCUT2D eigenvalue weighted by molar-refractivity contribution is 9.10. The molecule has 1 aliphatic rings. The highest BCUT2D eigenvalue weighted by atomic mass is 79.9. The van der Waals surface area contributed by atoms with Crippen LogP contribution in [0.5, 0.6) is 5.75 Å². The van der Waals surface area contributed by atoms with Gasteiger partial charge >= 0.3 is 0 Å². The van der Waals surface area contributed by atoms with Crippen molar-refractivity contribution in [2.45, 2.75) is 19.4 Å². The molecule has 0 radical (unpaired) electrons. The summed E-state index contributed by atoms with van der Waals surface area (Å²) in [5, 5.41) is 2.56. The number of hydrogen-bond acceptors (Lipinski definition) is 1.